The summed E-state index contributed by atoms with van der Waals surface area (Å²) in [5.74, 6) is 0.116. The van der Waals surface area contributed by atoms with E-state index in [1.54, 1.807) is 0 Å². The summed E-state index contributed by atoms with van der Waals surface area (Å²) in [6, 6.07) is 0. The predicted molar refractivity (Wildman–Crippen MR) is 96.3 cm³/mol. The lowest BCUT2D eigenvalue weighted by Crippen LogP contribution is -1.98. The van der Waals surface area contributed by atoms with Crippen LogP contribution in [0.1, 0.15) is 117 Å². The molecule has 2 nitrogen and oxygen atoms in total. The van der Waals surface area contributed by atoms with Gasteiger partial charge >= 0.3 is 5.97 Å². The van der Waals surface area contributed by atoms with Crippen LogP contribution in [0.15, 0.2) is 0 Å². The lowest BCUT2D eigenvalue weighted by Gasteiger charge is -2.10. The third-order valence-electron chi connectivity index (χ3n) is 4.64. The van der Waals surface area contributed by atoms with Crippen molar-refractivity contribution < 1.29 is 9.90 Å². The first-order valence-corrected chi connectivity index (χ1v) is 9.88. The van der Waals surface area contributed by atoms with Crippen LogP contribution in [0.2, 0.25) is 0 Å². The van der Waals surface area contributed by atoms with Crippen molar-refractivity contribution in [1.82, 2.24) is 0 Å². The minimum atomic E-state index is -0.655. The van der Waals surface area contributed by atoms with Crippen molar-refractivity contribution in [1.29, 1.82) is 0 Å². The Labute approximate surface area is 139 Å². The number of carbonyl (C=O) groups is 1. The molecule has 22 heavy (non-hydrogen) atoms. The van der Waals surface area contributed by atoms with Gasteiger partial charge < -0.3 is 5.11 Å². The second-order valence-corrected chi connectivity index (χ2v) is 7.07. The summed E-state index contributed by atoms with van der Waals surface area (Å²) in [6.07, 6.45) is 20.3. The van der Waals surface area contributed by atoms with E-state index in [1.165, 1.54) is 83.5 Å². The number of aliphatic carboxylic acids is 1. The minimum Gasteiger partial charge on any atom is -0.481 e. The maximum atomic E-state index is 10.4. The monoisotopic (exact) mass is 312 g/mol. The summed E-state index contributed by atoms with van der Waals surface area (Å²) < 4.78 is 0. The Bertz CT molecular complexity index is 238. The van der Waals surface area contributed by atoms with Gasteiger partial charge in [0.05, 0.1) is 0 Å². The van der Waals surface area contributed by atoms with Gasteiger partial charge in [-0.25, -0.2) is 0 Å². The molecule has 0 aromatic carbocycles. The van der Waals surface area contributed by atoms with Crippen LogP contribution >= 0.6 is 0 Å². The van der Waals surface area contributed by atoms with Crippen LogP contribution in [0.5, 0.6) is 0 Å². The van der Waals surface area contributed by atoms with E-state index in [9.17, 15) is 4.79 Å². The van der Waals surface area contributed by atoms with Gasteiger partial charge in [0.1, 0.15) is 0 Å². The van der Waals surface area contributed by atoms with Crippen LogP contribution < -0.4 is 0 Å². The van der Waals surface area contributed by atoms with Gasteiger partial charge in [0, 0.05) is 6.42 Å². The number of hydrogen-bond acceptors (Lipinski definition) is 1. The summed E-state index contributed by atoms with van der Waals surface area (Å²) in [6.45, 7) is 4.59. The zero-order valence-electron chi connectivity index (χ0n) is 15.2. The van der Waals surface area contributed by atoms with Crippen molar-refractivity contribution in [2.75, 3.05) is 0 Å². The summed E-state index contributed by atoms with van der Waals surface area (Å²) in [4.78, 5) is 10.4. The first kappa shape index (κ1) is 21.5. The molecular formula is C20H40O2. The van der Waals surface area contributed by atoms with Crippen molar-refractivity contribution in [3.8, 4) is 0 Å². The lowest BCUT2D eigenvalue weighted by molar-refractivity contribution is -0.137. The number of carboxylic acid groups (broad SMARTS) is 1. The summed E-state index contributed by atoms with van der Waals surface area (Å²) in [7, 11) is 0. The highest BCUT2D eigenvalue weighted by molar-refractivity contribution is 5.66. The van der Waals surface area contributed by atoms with Crippen molar-refractivity contribution >= 4 is 5.97 Å². The van der Waals surface area contributed by atoms with Gasteiger partial charge in [-0.2, -0.15) is 0 Å². The van der Waals surface area contributed by atoms with E-state index in [-0.39, 0.29) is 0 Å². The fourth-order valence-corrected chi connectivity index (χ4v) is 3.07. The molecule has 0 saturated heterocycles. The van der Waals surface area contributed by atoms with Crippen LogP contribution in [0, 0.1) is 5.92 Å². The Morgan fingerprint density at radius 1 is 0.727 bits per heavy atom. The molecule has 0 heterocycles. The van der Waals surface area contributed by atoms with Crippen LogP contribution in [0.3, 0.4) is 0 Å². The molecule has 0 aromatic heterocycles. The van der Waals surface area contributed by atoms with Gasteiger partial charge in [0.2, 0.25) is 0 Å². The fraction of sp³-hybridized carbons (Fsp3) is 0.950. The number of hydrogen-bond donors (Lipinski definition) is 1. The average molecular weight is 313 g/mol. The molecular weight excluding hydrogens is 272 g/mol. The Kier molecular flexibility index (Phi) is 16.4. The Balaban J connectivity index is 3.13. The first-order chi connectivity index (χ1) is 10.7. The molecule has 0 aromatic rings. The molecule has 0 aliphatic heterocycles. The minimum absolute atomic E-state index is 0.338. The summed E-state index contributed by atoms with van der Waals surface area (Å²) in [5.41, 5.74) is 0. The number of carboxylic acids is 1. The quantitative estimate of drug-likeness (QED) is 0.294. The second-order valence-electron chi connectivity index (χ2n) is 7.07. The average Bonchev–Trinajstić information content (AvgIpc) is 2.49. The van der Waals surface area contributed by atoms with E-state index in [0.717, 1.165) is 18.8 Å². The highest BCUT2D eigenvalue weighted by Crippen LogP contribution is 2.18. The van der Waals surface area contributed by atoms with Crippen molar-refractivity contribution in [2.24, 2.45) is 5.92 Å². The smallest absolute Gasteiger partial charge is 0.303 e. The first-order valence-electron chi connectivity index (χ1n) is 9.88. The van der Waals surface area contributed by atoms with Gasteiger partial charge in [0.25, 0.3) is 0 Å². The number of unbranched alkanes of at least 4 members (excludes halogenated alkanes) is 11. The summed E-state index contributed by atoms with van der Waals surface area (Å²) in [5, 5.41) is 8.59. The molecule has 0 radical (unpaired) electrons. The molecule has 0 aliphatic rings. The van der Waals surface area contributed by atoms with Crippen molar-refractivity contribution in [3.63, 3.8) is 0 Å². The second kappa shape index (κ2) is 16.8. The SMILES string of the molecule is CCCCCCCCCCCCCC(C)CCCCC(=O)O. The maximum Gasteiger partial charge on any atom is 0.303 e. The van der Waals surface area contributed by atoms with E-state index in [1.807, 2.05) is 0 Å². The topological polar surface area (TPSA) is 37.3 Å². The van der Waals surface area contributed by atoms with Gasteiger partial charge in [-0.1, -0.05) is 104 Å². The Morgan fingerprint density at radius 2 is 1.14 bits per heavy atom. The predicted octanol–water partition coefficient (Wildman–Crippen LogP) is 6.97. The van der Waals surface area contributed by atoms with Gasteiger partial charge in [0.15, 0.2) is 0 Å². The molecule has 1 N–H and O–H groups in total. The third-order valence-corrected chi connectivity index (χ3v) is 4.64. The molecule has 0 aliphatic carbocycles. The molecule has 0 bridgehead atoms. The van der Waals surface area contributed by atoms with Crippen molar-refractivity contribution in [3.05, 3.63) is 0 Å². The molecule has 0 spiro atoms. The molecule has 0 rings (SSSR count). The van der Waals surface area contributed by atoms with E-state index in [0.29, 0.717) is 6.42 Å². The maximum absolute atomic E-state index is 10.4. The van der Waals surface area contributed by atoms with Crippen LogP contribution in [0.4, 0.5) is 0 Å². The van der Waals surface area contributed by atoms with E-state index < -0.39 is 5.97 Å². The normalized spacial score (nSPS) is 12.5. The number of rotatable bonds is 17. The van der Waals surface area contributed by atoms with E-state index >= 15 is 0 Å². The van der Waals surface area contributed by atoms with Crippen LogP contribution in [0.25, 0.3) is 0 Å². The van der Waals surface area contributed by atoms with Gasteiger partial charge in [-0.05, 0) is 12.3 Å². The Morgan fingerprint density at radius 3 is 1.59 bits per heavy atom. The highest BCUT2D eigenvalue weighted by Gasteiger charge is 2.03. The van der Waals surface area contributed by atoms with E-state index in [2.05, 4.69) is 13.8 Å². The highest BCUT2D eigenvalue weighted by atomic mass is 16.4. The lowest BCUT2D eigenvalue weighted by atomic mass is 9.96. The Hall–Kier alpha value is -0.530. The largest absolute Gasteiger partial charge is 0.481 e. The van der Waals surface area contributed by atoms with Crippen molar-refractivity contribution in [2.45, 2.75) is 117 Å². The molecule has 132 valence electrons. The molecule has 0 saturated carbocycles. The van der Waals surface area contributed by atoms with Gasteiger partial charge in [-0.15, -0.1) is 0 Å². The standard InChI is InChI=1S/C20H40O2/c1-3-4-5-6-7-8-9-10-11-12-13-16-19(2)17-14-15-18-20(21)22/h19H,3-18H2,1-2H3,(H,21,22). The molecule has 0 amide bonds. The molecule has 2 heteroatoms. The van der Waals surface area contributed by atoms with Gasteiger partial charge in [-0.3, -0.25) is 4.79 Å². The molecule has 0 fully saturated rings. The molecule has 1 atom stereocenters. The van der Waals surface area contributed by atoms with Crippen LogP contribution in [-0.4, -0.2) is 11.1 Å². The fourth-order valence-electron chi connectivity index (χ4n) is 3.07. The zero-order chi connectivity index (χ0) is 16.5. The summed E-state index contributed by atoms with van der Waals surface area (Å²) >= 11 is 0. The van der Waals surface area contributed by atoms with E-state index in [4.69, 9.17) is 5.11 Å². The van der Waals surface area contributed by atoms with Crippen LogP contribution in [-0.2, 0) is 4.79 Å². The zero-order valence-corrected chi connectivity index (χ0v) is 15.2. The third kappa shape index (κ3) is 17.5. The molecule has 1 unspecified atom stereocenters.